The maximum Gasteiger partial charge on any atom is 0.0707 e. The Balaban J connectivity index is 1.78. The van der Waals surface area contributed by atoms with Gasteiger partial charge >= 0.3 is 0 Å². The van der Waals surface area contributed by atoms with Crippen LogP contribution in [0.2, 0.25) is 0 Å². The van der Waals surface area contributed by atoms with E-state index in [4.69, 9.17) is 0 Å². The Hall–Kier alpha value is -3.06. The molecule has 1 aliphatic heterocycles. The Kier molecular flexibility index (Phi) is 4.22. The predicted molar refractivity (Wildman–Crippen MR) is 106 cm³/mol. The summed E-state index contributed by atoms with van der Waals surface area (Å²) in [4.78, 5) is 0. The molecule has 1 unspecified atom stereocenters. The second-order valence-corrected chi connectivity index (χ2v) is 6.44. The van der Waals surface area contributed by atoms with Crippen LogP contribution < -0.4 is 5.32 Å². The molecule has 1 heterocycles. The number of rotatable bonds is 3. The zero-order valence-electron chi connectivity index (χ0n) is 14.3. The maximum absolute atomic E-state index is 3.68. The summed E-state index contributed by atoms with van der Waals surface area (Å²) in [6, 6.07) is 30.0. The van der Waals surface area contributed by atoms with E-state index in [0.717, 1.165) is 5.70 Å². The van der Waals surface area contributed by atoms with E-state index in [-0.39, 0.29) is 6.04 Å². The summed E-state index contributed by atoms with van der Waals surface area (Å²) < 4.78 is 0. The Bertz CT molecular complexity index is 903. The second kappa shape index (κ2) is 6.82. The zero-order valence-corrected chi connectivity index (χ0v) is 14.3. The van der Waals surface area contributed by atoms with Crippen LogP contribution >= 0.6 is 0 Å². The minimum atomic E-state index is 0.165. The van der Waals surface area contributed by atoms with E-state index < -0.39 is 0 Å². The van der Waals surface area contributed by atoms with Crippen LogP contribution in [0.25, 0.3) is 11.3 Å². The highest BCUT2D eigenvalue weighted by Gasteiger charge is 2.17. The topological polar surface area (TPSA) is 12.0 Å². The molecule has 0 spiro atoms. The van der Waals surface area contributed by atoms with Crippen molar-refractivity contribution in [1.82, 2.24) is 5.32 Å². The molecule has 1 nitrogen and oxygen atoms in total. The van der Waals surface area contributed by atoms with Gasteiger partial charge in [-0.3, -0.25) is 0 Å². The molecule has 0 fully saturated rings. The Morgan fingerprint density at radius 3 is 2.00 bits per heavy atom. The first-order valence-corrected chi connectivity index (χ1v) is 8.67. The van der Waals surface area contributed by atoms with Crippen molar-refractivity contribution in [3.8, 4) is 0 Å². The molecule has 3 aromatic carbocycles. The van der Waals surface area contributed by atoms with Gasteiger partial charge in [-0.2, -0.15) is 0 Å². The molecule has 0 amide bonds. The standard InChI is InChI=1S/C24H21N/c1-18-12-14-19(15-13-18)22-16-23(20-8-4-2-5-9-20)25-24(17-22)21-10-6-3-7-11-21/h2-17,23,25H,1H3. The maximum atomic E-state index is 3.68. The molecule has 1 aliphatic rings. The van der Waals surface area contributed by atoms with Crippen LogP contribution in [0.4, 0.5) is 0 Å². The molecule has 1 atom stereocenters. The Labute approximate surface area is 149 Å². The van der Waals surface area contributed by atoms with E-state index in [2.05, 4.69) is 109 Å². The minimum absolute atomic E-state index is 0.165. The van der Waals surface area contributed by atoms with Crippen LogP contribution in [0.1, 0.15) is 28.3 Å². The lowest BCUT2D eigenvalue weighted by molar-refractivity contribution is 0.767. The van der Waals surface area contributed by atoms with Crippen molar-refractivity contribution in [2.24, 2.45) is 0 Å². The van der Waals surface area contributed by atoms with Crippen molar-refractivity contribution >= 4 is 11.3 Å². The molecular formula is C24H21N. The van der Waals surface area contributed by atoms with E-state index in [1.807, 2.05) is 0 Å². The lowest BCUT2D eigenvalue weighted by Crippen LogP contribution is -2.21. The summed E-state index contributed by atoms with van der Waals surface area (Å²) in [5, 5.41) is 3.68. The summed E-state index contributed by atoms with van der Waals surface area (Å²) in [5.41, 5.74) is 7.43. The third kappa shape index (κ3) is 3.41. The Morgan fingerprint density at radius 2 is 1.32 bits per heavy atom. The molecule has 4 rings (SSSR count). The monoisotopic (exact) mass is 323 g/mol. The number of nitrogens with one attached hydrogen (secondary N) is 1. The quantitative estimate of drug-likeness (QED) is 0.646. The zero-order chi connectivity index (χ0) is 17.1. The van der Waals surface area contributed by atoms with Gasteiger partial charge in [0, 0.05) is 5.70 Å². The first kappa shape index (κ1) is 15.5. The van der Waals surface area contributed by atoms with Gasteiger partial charge in [0.25, 0.3) is 0 Å². The lowest BCUT2D eigenvalue weighted by atomic mass is 9.93. The molecule has 0 radical (unpaired) electrons. The van der Waals surface area contributed by atoms with Crippen molar-refractivity contribution in [3.05, 3.63) is 119 Å². The van der Waals surface area contributed by atoms with E-state index in [1.54, 1.807) is 0 Å². The number of benzene rings is 3. The number of hydrogen-bond donors (Lipinski definition) is 1. The van der Waals surface area contributed by atoms with Crippen molar-refractivity contribution in [3.63, 3.8) is 0 Å². The average Bonchev–Trinajstić information content (AvgIpc) is 2.69. The molecule has 25 heavy (non-hydrogen) atoms. The third-order valence-corrected chi connectivity index (χ3v) is 4.59. The molecule has 0 saturated carbocycles. The number of hydrogen-bond acceptors (Lipinski definition) is 1. The molecule has 0 saturated heterocycles. The van der Waals surface area contributed by atoms with Gasteiger partial charge in [-0.15, -0.1) is 0 Å². The molecule has 0 bridgehead atoms. The first-order chi connectivity index (χ1) is 12.3. The molecule has 3 aromatic rings. The lowest BCUT2D eigenvalue weighted by Gasteiger charge is -2.25. The van der Waals surface area contributed by atoms with Crippen molar-refractivity contribution < 1.29 is 0 Å². The molecular weight excluding hydrogens is 302 g/mol. The van der Waals surface area contributed by atoms with E-state index in [9.17, 15) is 0 Å². The molecule has 1 heteroatoms. The molecule has 0 aromatic heterocycles. The molecule has 122 valence electrons. The van der Waals surface area contributed by atoms with Gasteiger partial charge < -0.3 is 5.32 Å². The smallest absolute Gasteiger partial charge is 0.0707 e. The summed E-state index contributed by atoms with van der Waals surface area (Å²) in [6.07, 6.45) is 4.56. The fourth-order valence-corrected chi connectivity index (χ4v) is 3.18. The normalized spacial score (nSPS) is 16.6. The molecule has 0 aliphatic carbocycles. The van der Waals surface area contributed by atoms with Gasteiger partial charge in [0.15, 0.2) is 0 Å². The fraction of sp³-hybridized carbons (Fsp3) is 0.0833. The van der Waals surface area contributed by atoms with Gasteiger partial charge in [-0.05, 0) is 41.3 Å². The van der Waals surface area contributed by atoms with Crippen molar-refractivity contribution in [2.45, 2.75) is 13.0 Å². The van der Waals surface area contributed by atoms with Crippen LogP contribution in [0.5, 0.6) is 0 Å². The fourth-order valence-electron chi connectivity index (χ4n) is 3.18. The van der Waals surface area contributed by atoms with Crippen LogP contribution in [0, 0.1) is 6.92 Å². The number of aryl methyl sites for hydroxylation is 1. The average molecular weight is 323 g/mol. The van der Waals surface area contributed by atoms with Gasteiger partial charge in [0.2, 0.25) is 0 Å². The number of dihydropyridines is 1. The van der Waals surface area contributed by atoms with Crippen molar-refractivity contribution in [1.29, 1.82) is 0 Å². The summed E-state index contributed by atoms with van der Waals surface area (Å²) >= 11 is 0. The third-order valence-electron chi connectivity index (χ3n) is 4.59. The van der Waals surface area contributed by atoms with Gasteiger partial charge in [-0.1, -0.05) is 90.5 Å². The van der Waals surface area contributed by atoms with E-state index in [0.29, 0.717) is 0 Å². The highest BCUT2D eigenvalue weighted by Crippen LogP contribution is 2.31. The number of allylic oxidation sites excluding steroid dienone is 2. The van der Waals surface area contributed by atoms with Gasteiger partial charge in [-0.25, -0.2) is 0 Å². The summed E-state index contributed by atoms with van der Waals surface area (Å²) in [7, 11) is 0. The van der Waals surface area contributed by atoms with Crippen LogP contribution in [0.15, 0.2) is 97.1 Å². The summed E-state index contributed by atoms with van der Waals surface area (Å²) in [5.74, 6) is 0. The van der Waals surface area contributed by atoms with Crippen LogP contribution in [0.3, 0.4) is 0 Å². The predicted octanol–water partition coefficient (Wildman–Crippen LogP) is 5.76. The largest absolute Gasteiger partial charge is 0.374 e. The SMILES string of the molecule is Cc1ccc(C2=CC(c3ccccc3)NC(c3ccccc3)=C2)cc1. The van der Waals surface area contributed by atoms with Crippen molar-refractivity contribution in [2.75, 3.05) is 0 Å². The highest BCUT2D eigenvalue weighted by molar-refractivity contribution is 5.86. The summed E-state index contributed by atoms with van der Waals surface area (Å²) in [6.45, 7) is 2.12. The van der Waals surface area contributed by atoms with Gasteiger partial charge in [0.1, 0.15) is 0 Å². The Morgan fingerprint density at radius 1 is 0.680 bits per heavy atom. The first-order valence-electron chi connectivity index (χ1n) is 8.67. The minimum Gasteiger partial charge on any atom is -0.374 e. The molecule has 1 N–H and O–H groups in total. The second-order valence-electron chi connectivity index (χ2n) is 6.44. The van der Waals surface area contributed by atoms with Crippen LogP contribution in [-0.4, -0.2) is 0 Å². The van der Waals surface area contributed by atoms with E-state index >= 15 is 0 Å². The van der Waals surface area contributed by atoms with Crippen LogP contribution in [-0.2, 0) is 0 Å². The highest BCUT2D eigenvalue weighted by atomic mass is 14.9. The van der Waals surface area contributed by atoms with E-state index in [1.165, 1.54) is 27.8 Å². The van der Waals surface area contributed by atoms with Gasteiger partial charge in [0.05, 0.1) is 6.04 Å².